The smallest absolute Gasteiger partial charge is 0.123 e. The standard InChI is InChI=1S/C21H26N4O.ClH/c1-3-25-15-17(12-23-25)14-24-8-5-20(6-9-24)26-21-11-18-4-7-22-13-19(18)10-16(21)2;/h4,7,10-13,15,20H,3,5-6,8-9,14H2,1-2H3;1H. The van der Waals surface area contributed by atoms with Crippen LogP contribution in [0.2, 0.25) is 0 Å². The van der Waals surface area contributed by atoms with Gasteiger partial charge in [0.2, 0.25) is 0 Å². The highest BCUT2D eigenvalue weighted by atomic mass is 35.5. The summed E-state index contributed by atoms with van der Waals surface area (Å²) in [4.78, 5) is 6.69. The van der Waals surface area contributed by atoms with Crippen LogP contribution in [-0.4, -0.2) is 38.9 Å². The van der Waals surface area contributed by atoms with Gasteiger partial charge in [-0.05, 0) is 55.8 Å². The predicted molar refractivity (Wildman–Crippen MR) is 111 cm³/mol. The van der Waals surface area contributed by atoms with Gasteiger partial charge in [-0.2, -0.15) is 5.10 Å². The van der Waals surface area contributed by atoms with Crippen LogP contribution < -0.4 is 4.74 Å². The summed E-state index contributed by atoms with van der Waals surface area (Å²) in [5, 5.41) is 6.72. The summed E-state index contributed by atoms with van der Waals surface area (Å²) < 4.78 is 8.34. The van der Waals surface area contributed by atoms with Crippen LogP contribution in [0.5, 0.6) is 5.75 Å². The van der Waals surface area contributed by atoms with Crippen molar-refractivity contribution in [3.63, 3.8) is 0 Å². The Bertz CT molecular complexity index is 887. The van der Waals surface area contributed by atoms with Crippen LogP contribution in [-0.2, 0) is 13.1 Å². The number of nitrogens with zero attached hydrogens (tertiary/aromatic N) is 4. The van der Waals surface area contributed by atoms with E-state index in [9.17, 15) is 0 Å². The Labute approximate surface area is 166 Å². The third-order valence-electron chi connectivity index (χ3n) is 5.18. The fourth-order valence-electron chi connectivity index (χ4n) is 3.64. The highest BCUT2D eigenvalue weighted by Gasteiger charge is 2.21. The van der Waals surface area contributed by atoms with Gasteiger partial charge < -0.3 is 4.74 Å². The van der Waals surface area contributed by atoms with Crippen LogP contribution in [0.15, 0.2) is 43.0 Å². The monoisotopic (exact) mass is 386 g/mol. The first kappa shape index (κ1) is 19.6. The van der Waals surface area contributed by atoms with E-state index in [1.165, 1.54) is 21.9 Å². The summed E-state index contributed by atoms with van der Waals surface area (Å²) in [5.41, 5.74) is 2.48. The normalized spacial score (nSPS) is 15.6. The van der Waals surface area contributed by atoms with Gasteiger partial charge in [-0.15, -0.1) is 12.4 Å². The molecule has 2 aromatic heterocycles. The van der Waals surface area contributed by atoms with E-state index in [0.717, 1.165) is 44.8 Å². The molecule has 0 radical (unpaired) electrons. The molecule has 0 amide bonds. The van der Waals surface area contributed by atoms with Gasteiger partial charge in [-0.25, -0.2) is 0 Å². The van der Waals surface area contributed by atoms with Gasteiger partial charge >= 0.3 is 0 Å². The van der Waals surface area contributed by atoms with Crippen molar-refractivity contribution < 1.29 is 4.74 Å². The molecule has 27 heavy (non-hydrogen) atoms. The minimum absolute atomic E-state index is 0. The molecule has 0 aliphatic carbocycles. The van der Waals surface area contributed by atoms with Gasteiger partial charge in [0.05, 0.1) is 6.20 Å². The molecule has 1 fully saturated rings. The lowest BCUT2D eigenvalue weighted by Crippen LogP contribution is -2.37. The topological polar surface area (TPSA) is 43.2 Å². The lowest BCUT2D eigenvalue weighted by Gasteiger charge is -2.32. The summed E-state index contributed by atoms with van der Waals surface area (Å²) >= 11 is 0. The van der Waals surface area contributed by atoms with Gasteiger partial charge in [0.1, 0.15) is 11.9 Å². The minimum Gasteiger partial charge on any atom is -0.490 e. The molecule has 1 saturated heterocycles. The van der Waals surface area contributed by atoms with Crippen molar-refractivity contribution in [3.8, 4) is 5.75 Å². The lowest BCUT2D eigenvalue weighted by molar-refractivity contribution is 0.0963. The van der Waals surface area contributed by atoms with Crippen molar-refractivity contribution in [1.29, 1.82) is 0 Å². The molecule has 3 heterocycles. The number of halogens is 1. The van der Waals surface area contributed by atoms with Crippen molar-refractivity contribution in [3.05, 3.63) is 54.1 Å². The zero-order chi connectivity index (χ0) is 17.9. The second-order valence-electron chi connectivity index (χ2n) is 7.14. The maximum Gasteiger partial charge on any atom is 0.123 e. The van der Waals surface area contributed by atoms with E-state index >= 15 is 0 Å². The quantitative estimate of drug-likeness (QED) is 0.658. The number of hydrogen-bond donors (Lipinski definition) is 0. The summed E-state index contributed by atoms with van der Waals surface area (Å²) in [7, 11) is 0. The van der Waals surface area contributed by atoms with E-state index in [1.807, 2.05) is 29.3 Å². The number of aryl methyl sites for hydroxylation is 2. The Morgan fingerprint density at radius 1 is 1.15 bits per heavy atom. The number of hydrogen-bond acceptors (Lipinski definition) is 4. The molecular weight excluding hydrogens is 360 g/mol. The molecule has 0 bridgehead atoms. The van der Waals surface area contributed by atoms with E-state index in [-0.39, 0.29) is 12.4 Å². The third kappa shape index (κ3) is 4.60. The molecule has 4 rings (SSSR count). The Kier molecular flexibility index (Phi) is 6.34. The van der Waals surface area contributed by atoms with Crippen LogP contribution in [0.3, 0.4) is 0 Å². The van der Waals surface area contributed by atoms with Crippen molar-refractivity contribution in [2.75, 3.05) is 13.1 Å². The maximum absolute atomic E-state index is 6.35. The SMILES string of the molecule is CCn1cc(CN2CCC(Oc3cc4ccncc4cc3C)CC2)cn1.Cl. The molecule has 0 spiro atoms. The molecule has 3 aromatic rings. The van der Waals surface area contributed by atoms with E-state index in [2.05, 4.69) is 47.2 Å². The Balaban J connectivity index is 0.00000210. The fourth-order valence-corrected chi connectivity index (χ4v) is 3.64. The maximum atomic E-state index is 6.35. The fraction of sp³-hybridized carbons (Fsp3) is 0.429. The molecule has 0 unspecified atom stereocenters. The molecule has 0 saturated carbocycles. The third-order valence-corrected chi connectivity index (χ3v) is 5.18. The lowest BCUT2D eigenvalue weighted by atomic mass is 10.1. The van der Waals surface area contributed by atoms with Gasteiger partial charge in [-0.1, -0.05) is 0 Å². The van der Waals surface area contributed by atoms with Crippen molar-refractivity contribution in [2.45, 2.75) is 45.9 Å². The zero-order valence-electron chi connectivity index (χ0n) is 16.0. The van der Waals surface area contributed by atoms with Crippen LogP contribution >= 0.6 is 12.4 Å². The van der Waals surface area contributed by atoms with Crippen LogP contribution in [0.25, 0.3) is 10.8 Å². The Hall–Kier alpha value is -2.11. The summed E-state index contributed by atoms with van der Waals surface area (Å²) in [6, 6.07) is 6.36. The molecule has 5 nitrogen and oxygen atoms in total. The van der Waals surface area contributed by atoms with Crippen molar-refractivity contribution in [2.24, 2.45) is 0 Å². The average molecular weight is 387 g/mol. The van der Waals surface area contributed by atoms with E-state index in [1.54, 1.807) is 0 Å². The predicted octanol–water partition coefficient (Wildman–Crippen LogP) is 4.22. The Morgan fingerprint density at radius 2 is 1.96 bits per heavy atom. The van der Waals surface area contributed by atoms with E-state index in [4.69, 9.17) is 4.74 Å². The van der Waals surface area contributed by atoms with E-state index in [0.29, 0.717) is 6.10 Å². The number of piperidine rings is 1. The number of ether oxygens (including phenoxy) is 1. The number of pyridine rings is 1. The minimum atomic E-state index is 0. The van der Waals surface area contributed by atoms with Crippen LogP contribution in [0, 0.1) is 6.92 Å². The average Bonchev–Trinajstić information content (AvgIpc) is 3.11. The Morgan fingerprint density at radius 3 is 2.70 bits per heavy atom. The molecule has 1 aliphatic heterocycles. The molecule has 0 atom stereocenters. The van der Waals surface area contributed by atoms with Gasteiger partial charge in [0.25, 0.3) is 0 Å². The summed E-state index contributed by atoms with van der Waals surface area (Å²) in [6.07, 6.45) is 10.3. The molecule has 1 aliphatic rings. The molecule has 144 valence electrons. The van der Waals surface area contributed by atoms with Crippen molar-refractivity contribution in [1.82, 2.24) is 19.7 Å². The summed E-state index contributed by atoms with van der Waals surface area (Å²) in [5.74, 6) is 1.01. The molecule has 0 N–H and O–H groups in total. The van der Waals surface area contributed by atoms with Gasteiger partial charge in [0, 0.05) is 55.7 Å². The molecule has 1 aromatic carbocycles. The van der Waals surface area contributed by atoms with Crippen LogP contribution in [0.4, 0.5) is 0 Å². The van der Waals surface area contributed by atoms with Gasteiger partial charge in [-0.3, -0.25) is 14.6 Å². The highest BCUT2D eigenvalue weighted by molar-refractivity contribution is 5.85. The number of aromatic nitrogens is 3. The van der Waals surface area contributed by atoms with Crippen LogP contribution in [0.1, 0.15) is 30.9 Å². The zero-order valence-corrected chi connectivity index (χ0v) is 16.8. The van der Waals surface area contributed by atoms with E-state index < -0.39 is 0 Å². The first-order valence-corrected chi connectivity index (χ1v) is 9.46. The molecule has 6 heteroatoms. The first-order chi connectivity index (χ1) is 12.7. The highest BCUT2D eigenvalue weighted by Crippen LogP contribution is 2.28. The number of fused-ring (bicyclic) bond motifs is 1. The largest absolute Gasteiger partial charge is 0.490 e. The second-order valence-corrected chi connectivity index (χ2v) is 7.14. The number of rotatable bonds is 5. The van der Waals surface area contributed by atoms with Gasteiger partial charge in [0.15, 0.2) is 0 Å². The molecular formula is C21H27ClN4O. The second kappa shape index (κ2) is 8.72. The number of likely N-dealkylation sites (tertiary alicyclic amines) is 1. The first-order valence-electron chi connectivity index (χ1n) is 9.46. The summed E-state index contributed by atoms with van der Waals surface area (Å²) in [6.45, 7) is 8.27. The van der Waals surface area contributed by atoms with Crippen molar-refractivity contribution >= 4 is 23.2 Å². The number of benzene rings is 1.